The highest BCUT2D eigenvalue weighted by Gasteiger charge is 2.12. The van der Waals surface area contributed by atoms with Gasteiger partial charge in [0.05, 0.1) is 17.4 Å². The largest absolute Gasteiger partial charge is 0.345 e. The molecule has 0 radical (unpaired) electrons. The van der Waals surface area contributed by atoms with Gasteiger partial charge in [-0.2, -0.15) is 0 Å². The number of hydrogen-bond acceptors (Lipinski definition) is 2. The molecule has 4 heteroatoms. The van der Waals surface area contributed by atoms with Gasteiger partial charge in [-0.1, -0.05) is 48.5 Å². The summed E-state index contributed by atoms with van der Waals surface area (Å²) in [5.74, 6) is -0.131. The van der Waals surface area contributed by atoms with Crippen molar-refractivity contribution in [2.24, 2.45) is 0 Å². The number of H-pyrrole nitrogens is 1. The Kier molecular flexibility index (Phi) is 3.56. The molecule has 0 spiro atoms. The van der Waals surface area contributed by atoms with Crippen LogP contribution in [0, 0.1) is 0 Å². The zero-order chi connectivity index (χ0) is 16.4. The van der Waals surface area contributed by atoms with Crippen molar-refractivity contribution in [3.63, 3.8) is 0 Å². The topological polar surface area (TPSA) is 57.8 Å². The molecule has 3 aromatic carbocycles. The molecule has 1 heterocycles. The minimum atomic E-state index is -0.131. The van der Waals surface area contributed by atoms with Gasteiger partial charge in [-0.05, 0) is 35.4 Å². The van der Waals surface area contributed by atoms with Crippen LogP contribution in [-0.2, 0) is 0 Å². The highest BCUT2D eigenvalue weighted by Crippen LogP contribution is 2.24. The number of rotatable bonds is 3. The molecule has 0 aliphatic rings. The molecule has 0 fully saturated rings. The number of hydrogen-bond donors (Lipinski definition) is 2. The van der Waals surface area contributed by atoms with Gasteiger partial charge in [-0.3, -0.25) is 4.79 Å². The third-order valence-corrected chi connectivity index (χ3v) is 3.93. The Morgan fingerprint density at radius 1 is 0.917 bits per heavy atom. The summed E-state index contributed by atoms with van der Waals surface area (Å²) in [4.78, 5) is 20.0. The van der Waals surface area contributed by atoms with Crippen LogP contribution in [0.4, 0.5) is 5.69 Å². The summed E-state index contributed by atoms with van der Waals surface area (Å²) in [5.41, 5.74) is 5.08. The third kappa shape index (κ3) is 2.65. The predicted octanol–water partition coefficient (Wildman–Crippen LogP) is 4.48. The van der Waals surface area contributed by atoms with Crippen LogP contribution in [0.25, 0.3) is 22.2 Å². The summed E-state index contributed by atoms with van der Waals surface area (Å²) in [6.45, 7) is 0. The van der Waals surface area contributed by atoms with E-state index in [-0.39, 0.29) is 5.91 Å². The molecule has 0 unspecified atom stereocenters. The number of imidazole rings is 1. The van der Waals surface area contributed by atoms with Crippen LogP contribution in [0.2, 0.25) is 0 Å². The van der Waals surface area contributed by atoms with Gasteiger partial charge in [0, 0.05) is 11.3 Å². The number of benzene rings is 3. The Labute approximate surface area is 139 Å². The predicted molar refractivity (Wildman–Crippen MR) is 95.9 cm³/mol. The molecule has 1 aromatic heterocycles. The summed E-state index contributed by atoms with van der Waals surface area (Å²) in [6, 6.07) is 23.1. The molecule has 116 valence electrons. The van der Waals surface area contributed by atoms with Crippen molar-refractivity contribution in [3.05, 3.63) is 84.7 Å². The molecule has 0 aliphatic heterocycles. The van der Waals surface area contributed by atoms with Gasteiger partial charge in [0.25, 0.3) is 5.91 Å². The average molecular weight is 313 g/mol. The van der Waals surface area contributed by atoms with E-state index in [2.05, 4.69) is 15.3 Å². The number of aromatic amines is 1. The fraction of sp³-hybridized carbons (Fsp3) is 0. The molecule has 4 nitrogen and oxygen atoms in total. The van der Waals surface area contributed by atoms with Crippen molar-refractivity contribution < 1.29 is 4.79 Å². The highest BCUT2D eigenvalue weighted by molar-refractivity contribution is 6.09. The quantitative estimate of drug-likeness (QED) is 0.586. The molecular formula is C20H15N3O. The Bertz CT molecular complexity index is 1010. The molecule has 4 rings (SSSR count). The number of nitrogens with one attached hydrogen (secondary N) is 2. The monoisotopic (exact) mass is 313 g/mol. The molecule has 0 aliphatic carbocycles. The van der Waals surface area contributed by atoms with Crippen molar-refractivity contribution in [2.45, 2.75) is 0 Å². The minimum Gasteiger partial charge on any atom is -0.345 e. The first-order valence-corrected chi connectivity index (χ1v) is 7.70. The summed E-state index contributed by atoms with van der Waals surface area (Å²) in [5, 5.41) is 2.96. The number of carbonyl (C=O) groups is 1. The minimum absolute atomic E-state index is 0.131. The molecule has 1 amide bonds. The van der Waals surface area contributed by atoms with Gasteiger partial charge in [-0.25, -0.2) is 4.98 Å². The van der Waals surface area contributed by atoms with E-state index in [4.69, 9.17) is 0 Å². The molecule has 24 heavy (non-hydrogen) atoms. The maximum atomic E-state index is 12.7. The van der Waals surface area contributed by atoms with E-state index in [0.717, 1.165) is 27.8 Å². The lowest BCUT2D eigenvalue weighted by Gasteiger charge is -2.10. The van der Waals surface area contributed by atoms with Crippen LogP contribution in [0.15, 0.2) is 79.1 Å². The highest BCUT2D eigenvalue weighted by atomic mass is 16.1. The maximum Gasteiger partial charge on any atom is 0.256 e. The standard InChI is InChI=1S/C20H15N3O/c24-20(23-15-10-11-18-19(12-15)22-13-21-18)17-9-5-4-8-16(17)14-6-2-1-3-7-14/h1-13H,(H,21,22)(H,23,24). The van der Waals surface area contributed by atoms with Gasteiger partial charge >= 0.3 is 0 Å². The third-order valence-electron chi connectivity index (χ3n) is 3.93. The summed E-state index contributed by atoms with van der Waals surface area (Å²) >= 11 is 0. The summed E-state index contributed by atoms with van der Waals surface area (Å²) in [6.07, 6.45) is 1.64. The molecule has 4 aromatic rings. The first-order valence-electron chi connectivity index (χ1n) is 7.70. The SMILES string of the molecule is O=C(Nc1ccc2nc[nH]c2c1)c1ccccc1-c1ccccc1. The van der Waals surface area contributed by atoms with Crippen LogP contribution < -0.4 is 5.32 Å². The number of fused-ring (bicyclic) bond motifs is 1. The number of carbonyl (C=O) groups excluding carboxylic acids is 1. The van der Waals surface area contributed by atoms with E-state index in [9.17, 15) is 4.79 Å². The van der Waals surface area contributed by atoms with Crippen molar-refractivity contribution >= 4 is 22.6 Å². The lowest BCUT2D eigenvalue weighted by atomic mass is 9.99. The van der Waals surface area contributed by atoms with Crippen LogP contribution in [-0.4, -0.2) is 15.9 Å². The van der Waals surface area contributed by atoms with Gasteiger partial charge in [-0.15, -0.1) is 0 Å². The van der Waals surface area contributed by atoms with Crippen molar-refractivity contribution in [3.8, 4) is 11.1 Å². The summed E-state index contributed by atoms with van der Waals surface area (Å²) < 4.78 is 0. The average Bonchev–Trinajstić information content (AvgIpc) is 3.10. The van der Waals surface area contributed by atoms with Crippen molar-refractivity contribution in [1.29, 1.82) is 0 Å². The van der Waals surface area contributed by atoms with E-state index in [1.54, 1.807) is 6.33 Å². The number of anilines is 1. The van der Waals surface area contributed by atoms with Gasteiger partial charge in [0.15, 0.2) is 0 Å². The first-order chi connectivity index (χ1) is 11.8. The molecule has 0 saturated heterocycles. The molecule has 0 atom stereocenters. The van der Waals surface area contributed by atoms with E-state index in [0.29, 0.717) is 5.56 Å². The number of nitrogens with zero attached hydrogens (tertiary/aromatic N) is 1. The van der Waals surface area contributed by atoms with Crippen molar-refractivity contribution in [1.82, 2.24) is 9.97 Å². The zero-order valence-corrected chi connectivity index (χ0v) is 12.9. The van der Waals surface area contributed by atoms with E-state index < -0.39 is 0 Å². The molecule has 2 N–H and O–H groups in total. The first kappa shape index (κ1) is 14.2. The van der Waals surface area contributed by atoms with Crippen LogP contribution in [0.1, 0.15) is 10.4 Å². The number of aromatic nitrogens is 2. The van der Waals surface area contributed by atoms with Crippen LogP contribution >= 0.6 is 0 Å². The lowest BCUT2D eigenvalue weighted by Crippen LogP contribution is -2.13. The Balaban J connectivity index is 1.67. The van der Waals surface area contributed by atoms with E-state index >= 15 is 0 Å². The molecule has 0 bridgehead atoms. The van der Waals surface area contributed by atoms with Gasteiger partial charge < -0.3 is 10.3 Å². The van der Waals surface area contributed by atoms with E-state index in [1.165, 1.54) is 0 Å². The Hall–Kier alpha value is -3.40. The molecular weight excluding hydrogens is 298 g/mol. The lowest BCUT2D eigenvalue weighted by molar-refractivity contribution is 0.102. The second-order valence-electron chi connectivity index (χ2n) is 5.50. The maximum absolute atomic E-state index is 12.7. The van der Waals surface area contributed by atoms with Gasteiger partial charge in [0.2, 0.25) is 0 Å². The van der Waals surface area contributed by atoms with Gasteiger partial charge in [0.1, 0.15) is 0 Å². The van der Waals surface area contributed by atoms with Crippen molar-refractivity contribution in [2.75, 3.05) is 5.32 Å². The second-order valence-corrected chi connectivity index (χ2v) is 5.50. The fourth-order valence-electron chi connectivity index (χ4n) is 2.76. The smallest absolute Gasteiger partial charge is 0.256 e. The summed E-state index contributed by atoms with van der Waals surface area (Å²) in [7, 11) is 0. The Morgan fingerprint density at radius 3 is 2.58 bits per heavy atom. The number of amides is 1. The van der Waals surface area contributed by atoms with Crippen LogP contribution in [0.5, 0.6) is 0 Å². The van der Waals surface area contributed by atoms with Crippen LogP contribution in [0.3, 0.4) is 0 Å². The van der Waals surface area contributed by atoms with E-state index in [1.807, 2.05) is 72.8 Å². The zero-order valence-electron chi connectivity index (χ0n) is 12.9. The normalized spacial score (nSPS) is 10.7. The Morgan fingerprint density at radius 2 is 1.71 bits per heavy atom. The fourth-order valence-corrected chi connectivity index (χ4v) is 2.76. The molecule has 0 saturated carbocycles. The second kappa shape index (κ2) is 6.01.